The van der Waals surface area contributed by atoms with Gasteiger partial charge in [-0.1, -0.05) is 43.4 Å². The average Bonchev–Trinajstić information content (AvgIpc) is 2.91. The summed E-state index contributed by atoms with van der Waals surface area (Å²) in [4.78, 5) is 13.2. The number of thiophene rings is 1. The second-order valence-electron chi connectivity index (χ2n) is 6.23. The van der Waals surface area contributed by atoms with E-state index in [-0.39, 0.29) is 5.91 Å². The molecule has 0 saturated heterocycles. The van der Waals surface area contributed by atoms with E-state index in [0.29, 0.717) is 17.7 Å². The normalized spacial score (nSPS) is 15.7. The molecule has 1 saturated carbocycles. The van der Waals surface area contributed by atoms with E-state index in [4.69, 9.17) is 16.3 Å². The van der Waals surface area contributed by atoms with Gasteiger partial charge in [0.1, 0.15) is 12.4 Å². The van der Waals surface area contributed by atoms with Gasteiger partial charge in [0, 0.05) is 16.6 Å². The van der Waals surface area contributed by atoms with Crippen LogP contribution in [0.2, 0.25) is 5.02 Å². The van der Waals surface area contributed by atoms with E-state index in [0.717, 1.165) is 29.0 Å². The molecule has 0 spiro atoms. The summed E-state index contributed by atoms with van der Waals surface area (Å²) in [6.45, 7) is 0.438. The van der Waals surface area contributed by atoms with E-state index in [1.54, 1.807) is 6.07 Å². The van der Waals surface area contributed by atoms with Gasteiger partial charge in [-0.15, -0.1) is 11.3 Å². The van der Waals surface area contributed by atoms with Gasteiger partial charge in [-0.3, -0.25) is 4.79 Å². The summed E-state index contributed by atoms with van der Waals surface area (Å²) in [5, 5.41) is 5.82. The summed E-state index contributed by atoms with van der Waals surface area (Å²) >= 11 is 7.42. The highest BCUT2D eigenvalue weighted by atomic mass is 35.5. The molecule has 1 aromatic heterocycles. The number of benzene rings is 1. The number of rotatable bonds is 5. The Bertz CT molecular complexity index is 678. The molecule has 3 nitrogen and oxygen atoms in total. The second kappa shape index (κ2) is 8.54. The van der Waals surface area contributed by atoms with Crippen molar-refractivity contribution in [2.45, 2.75) is 51.2 Å². The van der Waals surface area contributed by atoms with Crippen LogP contribution in [0.3, 0.4) is 0 Å². The molecule has 1 aromatic carbocycles. The summed E-state index contributed by atoms with van der Waals surface area (Å²) in [5.41, 5.74) is 1.01. The smallest absolute Gasteiger partial charge is 0.261 e. The summed E-state index contributed by atoms with van der Waals surface area (Å²) in [6, 6.07) is 9.58. The number of carbonyl (C=O) groups is 1. The molecule has 0 atom stereocenters. The minimum atomic E-state index is 0.0425. The third-order valence-corrected chi connectivity index (χ3v) is 5.48. The predicted octanol–water partition coefficient (Wildman–Crippen LogP) is 5.43. The molecule has 0 unspecified atom stereocenters. The highest BCUT2D eigenvalue weighted by Crippen LogP contribution is 2.22. The lowest BCUT2D eigenvalue weighted by atomic mass is 10.1. The number of hydrogen-bond acceptors (Lipinski definition) is 3. The van der Waals surface area contributed by atoms with Gasteiger partial charge in [-0.05, 0) is 42.5 Å². The van der Waals surface area contributed by atoms with Crippen LogP contribution in [0, 0.1) is 0 Å². The summed E-state index contributed by atoms with van der Waals surface area (Å²) < 4.78 is 5.72. The molecule has 1 aliphatic carbocycles. The largest absolute Gasteiger partial charge is 0.489 e. The maximum atomic E-state index is 12.4. The van der Waals surface area contributed by atoms with Crippen LogP contribution in [-0.4, -0.2) is 11.9 Å². The van der Waals surface area contributed by atoms with E-state index in [1.807, 2.05) is 29.6 Å². The van der Waals surface area contributed by atoms with Gasteiger partial charge >= 0.3 is 0 Å². The number of hydrogen-bond donors (Lipinski definition) is 1. The zero-order valence-corrected chi connectivity index (χ0v) is 15.2. The Kier molecular flexibility index (Phi) is 6.16. The molecule has 24 heavy (non-hydrogen) atoms. The Morgan fingerprint density at radius 1 is 1.21 bits per heavy atom. The van der Waals surface area contributed by atoms with Gasteiger partial charge in [0.25, 0.3) is 5.91 Å². The molecule has 1 N–H and O–H groups in total. The van der Waals surface area contributed by atoms with Crippen molar-refractivity contribution in [3.63, 3.8) is 0 Å². The number of carbonyl (C=O) groups excluding carboxylic acids is 1. The van der Waals surface area contributed by atoms with Crippen LogP contribution in [0.1, 0.15) is 53.8 Å². The van der Waals surface area contributed by atoms with E-state index >= 15 is 0 Å². The van der Waals surface area contributed by atoms with E-state index in [9.17, 15) is 4.79 Å². The van der Waals surface area contributed by atoms with Crippen molar-refractivity contribution in [2.24, 2.45) is 0 Å². The SMILES string of the molecule is O=C(NC1CCCCCC1)c1cc(COc2cccc(Cl)c2)cs1. The number of nitrogens with one attached hydrogen (secondary N) is 1. The Hall–Kier alpha value is -1.52. The zero-order valence-electron chi connectivity index (χ0n) is 13.6. The first kappa shape index (κ1) is 17.3. The average molecular weight is 364 g/mol. The van der Waals surface area contributed by atoms with Crippen LogP contribution in [0.4, 0.5) is 0 Å². The third-order valence-electron chi connectivity index (χ3n) is 4.27. The molecule has 0 aliphatic heterocycles. The summed E-state index contributed by atoms with van der Waals surface area (Å²) in [5.74, 6) is 0.777. The van der Waals surface area contributed by atoms with Gasteiger partial charge in [0.2, 0.25) is 0 Å². The van der Waals surface area contributed by atoms with Crippen LogP contribution >= 0.6 is 22.9 Å². The molecule has 128 valence electrons. The minimum absolute atomic E-state index is 0.0425. The predicted molar refractivity (Wildman–Crippen MR) is 99.1 cm³/mol. The first-order valence-corrected chi connectivity index (χ1v) is 9.73. The lowest BCUT2D eigenvalue weighted by molar-refractivity contribution is 0.0937. The molecule has 2 aromatic rings. The first-order chi connectivity index (χ1) is 11.7. The second-order valence-corrected chi connectivity index (χ2v) is 7.57. The van der Waals surface area contributed by atoms with Crippen LogP contribution in [0.15, 0.2) is 35.7 Å². The van der Waals surface area contributed by atoms with Gasteiger partial charge in [-0.2, -0.15) is 0 Å². The van der Waals surface area contributed by atoms with Crippen molar-refractivity contribution in [3.8, 4) is 5.75 Å². The van der Waals surface area contributed by atoms with Crippen LogP contribution in [-0.2, 0) is 6.61 Å². The van der Waals surface area contributed by atoms with Crippen LogP contribution < -0.4 is 10.1 Å². The van der Waals surface area contributed by atoms with E-state index in [1.165, 1.54) is 37.0 Å². The molecule has 0 bridgehead atoms. The summed E-state index contributed by atoms with van der Waals surface area (Å²) in [6.07, 6.45) is 7.21. The molecular weight excluding hydrogens is 342 g/mol. The Morgan fingerprint density at radius 3 is 2.75 bits per heavy atom. The van der Waals surface area contributed by atoms with Gasteiger partial charge in [0.05, 0.1) is 4.88 Å². The van der Waals surface area contributed by atoms with Crippen molar-refractivity contribution in [1.29, 1.82) is 0 Å². The monoisotopic (exact) mass is 363 g/mol. The lowest BCUT2D eigenvalue weighted by Crippen LogP contribution is -2.33. The van der Waals surface area contributed by atoms with Gasteiger partial charge in [0.15, 0.2) is 0 Å². The fourth-order valence-electron chi connectivity index (χ4n) is 2.97. The molecular formula is C19H22ClNO2S. The zero-order chi connectivity index (χ0) is 16.8. The van der Waals surface area contributed by atoms with Crippen molar-refractivity contribution < 1.29 is 9.53 Å². The maximum absolute atomic E-state index is 12.4. The van der Waals surface area contributed by atoms with Crippen molar-refractivity contribution >= 4 is 28.8 Å². The quantitative estimate of drug-likeness (QED) is 0.719. The lowest BCUT2D eigenvalue weighted by Gasteiger charge is -2.15. The summed E-state index contributed by atoms with van der Waals surface area (Å²) in [7, 11) is 0. The highest BCUT2D eigenvalue weighted by molar-refractivity contribution is 7.12. The van der Waals surface area contributed by atoms with Crippen LogP contribution in [0.5, 0.6) is 5.75 Å². The topological polar surface area (TPSA) is 38.3 Å². The minimum Gasteiger partial charge on any atom is -0.489 e. The van der Waals surface area contributed by atoms with Crippen molar-refractivity contribution in [3.05, 3.63) is 51.2 Å². The fraction of sp³-hybridized carbons (Fsp3) is 0.421. The first-order valence-electron chi connectivity index (χ1n) is 8.47. The third kappa shape index (κ3) is 4.99. The molecule has 1 fully saturated rings. The van der Waals surface area contributed by atoms with Gasteiger partial charge in [-0.25, -0.2) is 0 Å². The molecule has 5 heteroatoms. The van der Waals surface area contributed by atoms with E-state index in [2.05, 4.69) is 5.32 Å². The van der Waals surface area contributed by atoms with Crippen molar-refractivity contribution in [2.75, 3.05) is 0 Å². The molecule has 1 aliphatic rings. The molecule has 3 rings (SSSR count). The Balaban J connectivity index is 1.53. The molecule has 1 amide bonds. The number of halogens is 1. The highest BCUT2D eigenvalue weighted by Gasteiger charge is 2.17. The number of amides is 1. The van der Waals surface area contributed by atoms with E-state index < -0.39 is 0 Å². The standard InChI is InChI=1S/C19H22ClNO2S/c20-15-6-5-9-17(11-15)23-12-14-10-18(24-13-14)19(22)21-16-7-3-1-2-4-8-16/h5-6,9-11,13,16H,1-4,7-8,12H2,(H,21,22). The van der Waals surface area contributed by atoms with Crippen molar-refractivity contribution in [1.82, 2.24) is 5.32 Å². The maximum Gasteiger partial charge on any atom is 0.261 e. The Morgan fingerprint density at radius 2 is 2.00 bits per heavy atom. The molecule has 0 radical (unpaired) electrons. The van der Waals surface area contributed by atoms with Crippen LogP contribution in [0.25, 0.3) is 0 Å². The number of ether oxygens (including phenoxy) is 1. The van der Waals surface area contributed by atoms with Gasteiger partial charge < -0.3 is 10.1 Å². The fourth-order valence-corrected chi connectivity index (χ4v) is 3.95. The molecule has 1 heterocycles. The Labute approximate surface area is 152 Å².